The fourth-order valence-corrected chi connectivity index (χ4v) is 1.50. The monoisotopic (exact) mass is 310 g/mol. The van der Waals surface area contributed by atoms with E-state index in [-0.39, 0.29) is 17.1 Å². The van der Waals surface area contributed by atoms with Gasteiger partial charge in [0.05, 0.1) is 5.56 Å². The molecule has 0 aromatic heterocycles. The molecule has 1 rings (SSSR count). The first-order valence-corrected chi connectivity index (χ1v) is 5.55. The maximum atomic E-state index is 12.3. The number of Topliss-reactive ketones (excluding diaryl/α,β-unsaturated/α-hetero) is 1. The molecule has 0 fully saturated rings. The Morgan fingerprint density at radius 1 is 1.41 bits per heavy atom. The van der Waals surface area contributed by atoms with Gasteiger partial charge in [-0.2, -0.15) is 13.2 Å². The second-order valence-corrected chi connectivity index (χ2v) is 4.41. The molecule has 0 radical (unpaired) electrons. The summed E-state index contributed by atoms with van der Waals surface area (Å²) in [5, 5.41) is 0. The molecule has 0 aliphatic carbocycles. The molecule has 0 spiro atoms. The lowest BCUT2D eigenvalue weighted by Crippen LogP contribution is -2.31. The summed E-state index contributed by atoms with van der Waals surface area (Å²) in [6.07, 6.45) is -6.41. The molecule has 1 atom stereocenters. The van der Waals surface area contributed by atoms with Crippen molar-refractivity contribution < 1.29 is 22.7 Å². The maximum absolute atomic E-state index is 12.3. The Kier molecular flexibility index (Phi) is 4.19. The van der Waals surface area contributed by atoms with Crippen LogP contribution in [0.5, 0.6) is 5.75 Å². The van der Waals surface area contributed by atoms with Gasteiger partial charge in [-0.1, -0.05) is 15.9 Å². The highest BCUT2D eigenvalue weighted by Gasteiger charge is 2.38. The average molecular weight is 311 g/mol. The highest BCUT2D eigenvalue weighted by atomic mass is 79.9. The van der Waals surface area contributed by atoms with E-state index in [0.29, 0.717) is 4.47 Å². The summed E-state index contributed by atoms with van der Waals surface area (Å²) in [6, 6.07) is 4.29. The predicted molar refractivity (Wildman–Crippen MR) is 60.3 cm³/mol. The summed E-state index contributed by atoms with van der Waals surface area (Å²) >= 11 is 3.14. The summed E-state index contributed by atoms with van der Waals surface area (Å²) in [4.78, 5) is 11.3. The van der Waals surface area contributed by atoms with E-state index in [9.17, 15) is 18.0 Å². The van der Waals surface area contributed by atoms with E-state index in [0.717, 1.165) is 6.92 Å². The predicted octanol–water partition coefficient (Wildman–Crippen LogP) is 3.98. The van der Waals surface area contributed by atoms with Crippen LogP contribution in [0.1, 0.15) is 24.2 Å². The van der Waals surface area contributed by atoms with Crippen LogP contribution in [0.3, 0.4) is 0 Å². The smallest absolute Gasteiger partial charge is 0.425 e. The standard InChI is InChI=1S/C11H10BrF3O2/c1-6(16)9-5-8(12)3-4-10(9)17-7(2)11(13,14)15/h3-5,7H,1-2H3. The average Bonchev–Trinajstić information content (AvgIpc) is 2.18. The molecule has 0 heterocycles. The SMILES string of the molecule is CC(=O)c1cc(Br)ccc1OC(C)C(F)(F)F. The zero-order chi connectivity index (χ0) is 13.2. The molecule has 6 heteroatoms. The minimum atomic E-state index is -4.46. The molecule has 0 saturated carbocycles. The molecule has 0 bridgehead atoms. The Morgan fingerprint density at radius 2 is 2.00 bits per heavy atom. The number of rotatable bonds is 3. The zero-order valence-corrected chi connectivity index (χ0v) is 10.7. The van der Waals surface area contributed by atoms with E-state index in [4.69, 9.17) is 4.74 Å². The van der Waals surface area contributed by atoms with Crippen molar-refractivity contribution in [2.75, 3.05) is 0 Å². The van der Waals surface area contributed by atoms with E-state index in [1.54, 1.807) is 0 Å². The van der Waals surface area contributed by atoms with E-state index >= 15 is 0 Å². The van der Waals surface area contributed by atoms with Crippen molar-refractivity contribution in [2.45, 2.75) is 26.1 Å². The van der Waals surface area contributed by atoms with Crippen LogP contribution in [0.15, 0.2) is 22.7 Å². The second kappa shape index (κ2) is 5.08. The van der Waals surface area contributed by atoms with Crippen LogP contribution in [0, 0.1) is 0 Å². The van der Waals surface area contributed by atoms with Crippen molar-refractivity contribution in [3.8, 4) is 5.75 Å². The third kappa shape index (κ3) is 3.73. The quantitative estimate of drug-likeness (QED) is 0.789. The third-order valence-electron chi connectivity index (χ3n) is 2.09. The first-order chi connectivity index (χ1) is 7.71. The molecule has 2 nitrogen and oxygen atoms in total. The van der Waals surface area contributed by atoms with Crippen molar-refractivity contribution in [3.63, 3.8) is 0 Å². The van der Waals surface area contributed by atoms with Gasteiger partial charge >= 0.3 is 6.18 Å². The van der Waals surface area contributed by atoms with Gasteiger partial charge in [0.15, 0.2) is 11.9 Å². The summed E-state index contributed by atoms with van der Waals surface area (Å²) in [7, 11) is 0. The minimum absolute atomic E-state index is 0.0643. The Bertz CT molecular complexity index is 429. The number of hydrogen-bond acceptors (Lipinski definition) is 2. The van der Waals surface area contributed by atoms with Gasteiger partial charge in [0.1, 0.15) is 5.75 Å². The topological polar surface area (TPSA) is 26.3 Å². The molecule has 0 amide bonds. The van der Waals surface area contributed by atoms with Crippen molar-refractivity contribution in [1.82, 2.24) is 0 Å². The van der Waals surface area contributed by atoms with Gasteiger partial charge in [0.25, 0.3) is 0 Å². The van der Waals surface area contributed by atoms with Gasteiger partial charge in [-0.3, -0.25) is 4.79 Å². The highest BCUT2D eigenvalue weighted by molar-refractivity contribution is 9.10. The van der Waals surface area contributed by atoms with Crippen molar-refractivity contribution in [1.29, 1.82) is 0 Å². The number of hydrogen-bond donors (Lipinski definition) is 0. The number of carbonyl (C=O) groups is 1. The van der Waals surface area contributed by atoms with Crippen LogP contribution in [0.2, 0.25) is 0 Å². The molecule has 0 saturated heterocycles. The number of carbonyl (C=O) groups excluding carboxylic acids is 1. The van der Waals surface area contributed by atoms with E-state index in [1.807, 2.05) is 0 Å². The molecule has 1 aromatic carbocycles. The van der Waals surface area contributed by atoms with Crippen molar-refractivity contribution in [3.05, 3.63) is 28.2 Å². The van der Waals surface area contributed by atoms with E-state index in [1.165, 1.54) is 25.1 Å². The molecule has 94 valence electrons. The second-order valence-electron chi connectivity index (χ2n) is 3.50. The summed E-state index contributed by atoms with van der Waals surface area (Å²) < 4.78 is 42.3. The van der Waals surface area contributed by atoms with Gasteiger partial charge in [-0.25, -0.2) is 0 Å². The highest BCUT2D eigenvalue weighted by Crippen LogP contribution is 2.29. The largest absolute Gasteiger partial charge is 0.480 e. The lowest BCUT2D eigenvalue weighted by Gasteiger charge is -2.19. The molecule has 0 aliphatic rings. The first kappa shape index (κ1) is 14.0. The number of ether oxygens (including phenoxy) is 1. The fourth-order valence-electron chi connectivity index (χ4n) is 1.14. The fraction of sp³-hybridized carbons (Fsp3) is 0.364. The molecule has 1 unspecified atom stereocenters. The molecule has 17 heavy (non-hydrogen) atoms. The number of benzene rings is 1. The first-order valence-electron chi connectivity index (χ1n) is 4.75. The van der Waals surface area contributed by atoms with E-state index in [2.05, 4.69) is 15.9 Å². The molecule has 1 aromatic rings. The van der Waals surface area contributed by atoms with Gasteiger partial charge < -0.3 is 4.74 Å². The van der Waals surface area contributed by atoms with Crippen LogP contribution < -0.4 is 4.74 Å². The van der Waals surface area contributed by atoms with Crippen LogP contribution in [0.25, 0.3) is 0 Å². The molecule has 0 N–H and O–H groups in total. The van der Waals surface area contributed by atoms with E-state index < -0.39 is 12.3 Å². The lowest BCUT2D eigenvalue weighted by molar-refractivity contribution is -0.189. The molecular formula is C11H10BrF3O2. The Morgan fingerprint density at radius 3 is 2.47 bits per heavy atom. The van der Waals surface area contributed by atoms with Crippen LogP contribution in [0.4, 0.5) is 13.2 Å². The van der Waals surface area contributed by atoms with Gasteiger partial charge in [0, 0.05) is 4.47 Å². The van der Waals surface area contributed by atoms with Crippen LogP contribution in [-0.2, 0) is 0 Å². The molecule has 0 aliphatic heterocycles. The summed E-state index contributed by atoms with van der Waals surface area (Å²) in [6.45, 7) is 2.17. The number of alkyl halides is 3. The minimum Gasteiger partial charge on any atom is -0.480 e. The maximum Gasteiger partial charge on any atom is 0.425 e. The van der Waals surface area contributed by atoms with Gasteiger partial charge in [0.2, 0.25) is 0 Å². The summed E-state index contributed by atoms with van der Waals surface area (Å²) in [5.41, 5.74) is 0.121. The van der Waals surface area contributed by atoms with Gasteiger partial charge in [-0.05, 0) is 32.0 Å². The Balaban J connectivity index is 3.03. The number of halogens is 4. The van der Waals surface area contributed by atoms with Crippen molar-refractivity contribution >= 4 is 21.7 Å². The Labute approximate surface area is 105 Å². The number of ketones is 1. The Hall–Kier alpha value is -1.04. The van der Waals surface area contributed by atoms with Crippen LogP contribution >= 0.6 is 15.9 Å². The third-order valence-corrected chi connectivity index (χ3v) is 2.58. The normalized spacial score (nSPS) is 13.3. The zero-order valence-electron chi connectivity index (χ0n) is 9.14. The van der Waals surface area contributed by atoms with Crippen molar-refractivity contribution in [2.24, 2.45) is 0 Å². The van der Waals surface area contributed by atoms with Crippen LogP contribution in [-0.4, -0.2) is 18.1 Å². The summed E-state index contributed by atoms with van der Waals surface area (Å²) in [5.74, 6) is -0.416. The molecular weight excluding hydrogens is 301 g/mol. The lowest BCUT2D eigenvalue weighted by atomic mass is 10.1. The van der Waals surface area contributed by atoms with Gasteiger partial charge in [-0.15, -0.1) is 0 Å².